The van der Waals surface area contributed by atoms with Gasteiger partial charge in [-0.15, -0.1) is 11.8 Å². The normalized spacial score (nSPS) is 25.3. The summed E-state index contributed by atoms with van der Waals surface area (Å²) in [6.45, 7) is 6.58. The maximum absolute atomic E-state index is 6.23. The van der Waals surface area contributed by atoms with Gasteiger partial charge in [0, 0.05) is 10.8 Å². The van der Waals surface area contributed by atoms with Crippen LogP contribution in [0.15, 0.2) is 4.52 Å². The minimum absolute atomic E-state index is 0.172. The summed E-state index contributed by atoms with van der Waals surface area (Å²) >= 11 is 1.84. The zero-order valence-electron chi connectivity index (χ0n) is 12.2. The van der Waals surface area contributed by atoms with E-state index in [9.17, 15) is 0 Å². The van der Waals surface area contributed by atoms with Crippen LogP contribution >= 0.6 is 11.8 Å². The van der Waals surface area contributed by atoms with Crippen molar-refractivity contribution in [2.24, 2.45) is 5.73 Å². The third kappa shape index (κ3) is 4.49. The summed E-state index contributed by atoms with van der Waals surface area (Å²) in [5.74, 6) is 2.60. The van der Waals surface area contributed by atoms with E-state index < -0.39 is 0 Å². The van der Waals surface area contributed by atoms with Crippen molar-refractivity contribution in [3.63, 3.8) is 0 Å². The molecule has 0 saturated heterocycles. The third-order valence-corrected chi connectivity index (χ3v) is 4.77. The number of hydrogen-bond acceptors (Lipinski definition) is 5. The van der Waals surface area contributed by atoms with Crippen LogP contribution in [0.4, 0.5) is 0 Å². The smallest absolute Gasteiger partial charge is 0.231 e. The summed E-state index contributed by atoms with van der Waals surface area (Å²) in [6.07, 6.45) is 5.85. The molecule has 1 aliphatic carbocycles. The molecule has 0 radical (unpaired) electrons. The highest BCUT2D eigenvalue weighted by Crippen LogP contribution is 2.31. The number of nitrogens with zero attached hydrogens (tertiary/aromatic N) is 2. The van der Waals surface area contributed by atoms with Gasteiger partial charge in [0.2, 0.25) is 5.89 Å². The van der Waals surface area contributed by atoms with Crippen LogP contribution < -0.4 is 5.73 Å². The Balaban J connectivity index is 1.99. The minimum Gasteiger partial charge on any atom is -0.339 e. The molecular formula is C14H25N3OS. The van der Waals surface area contributed by atoms with Crippen molar-refractivity contribution >= 4 is 11.8 Å². The van der Waals surface area contributed by atoms with Crippen LogP contribution in [0.1, 0.15) is 70.5 Å². The van der Waals surface area contributed by atoms with Gasteiger partial charge in [0.15, 0.2) is 5.82 Å². The summed E-state index contributed by atoms with van der Waals surface area (Å²) in [5, 5.41) is 4.10. The van der Waals surface area contributed by atoms with Crippen molar-refractivity contribution < 1.29 is 4.52 Å². The van der Waals surface area contributed by atoms with Crippen LogP contribution in [0.5, 0.6) is 0 Å². The molecule has 2 unspecified atom stereocenters. The van der Waals surface area contributed by atoms with E-state index in [0.717, 1.165) is 30.3 Å². The standard InChI is InChI=1S/C14H25N3OS/c1-14(2,3)19-9-12-16-13(18-17-12)10-7-5-4-6-8-11(10)15/h10-11H,4-9,15H2,1-3H3. The second kappa shape index (κ2) is 6.27. The van der Waals surface area contributed by atoms with Gasteiger partial charge in [-0.3, -0.25) is 0 Å². The maximum Gasteiger partial charge on any atom is 0.231 e. The molecule has 0 aliphatic heterocycles. The first-order valence-corrected chi connectivity index (χ1v) is 8.16. The Hall–Kier alpha value is -0.550. The Labute approximate surface area is 119 Å². The highest BCUT2D eigenvalue weighted by molar-refractivity contribution is 7.99. The van der Waals surface area contributed by atoms with Crippen molar-refractivity contribution in [2.75, 3.05) is 0 Å². The molecule has 0 bridgehead atoms. The van der Waals surface area contributed by atoms with Crippen molar-refractivity contribution in [2.45, 2.75) is 75.3 Å². The fourth-order valence-electron chi connectivity index (χ4n) is 2.40. The van der Waals surface area contributed by atoms with E-state index in [-0.39, 0.29) is 16.7 Å². The molecule has 5 heteroatoms. The average Bonchev–Trinajstić information content (AvgIpc) is 2.69. The van der Waals surface area contributed by atoms with Crippen LogP contribution in [0, 0.1) is 0 Å². The number of rotatable bonds is 3. The first kappa shape index (κ1) is 14.9. The highest BCUT2D eigenvalue weighted by atomic mass is 32.2. The Morgan fingerprint density at radius 1 is 1.26 bits per heavy atom. The molecule has 1 heterocycles. The fraction of sp³-hybridized carbons (Fsp3) is 0.857. The lowest BCUT2D eigenvalue weighted by Gasteiger charge is -2.17. The largest absolute Gasteiger partial charge is 0.339 e. The van der Waals surface area contributed by atoms with Gasteiger partial charge in [-0.1, -0.05) is 45.2 Å². The number of nitrogens with two attached hydrogens (primary N) is 1. The predicted molar refractivity (Wildman–Crippen MR) is 79.1 cm³/mol. The SMILES string of the molecule is CC(C)(C)SCc1noc(C2CCCCCC2N)n1. The molecule has 1 saturated carbocycles. The Kier molecular flexibility index (Phi) is 4.90. The van der Waals surface area contributed by atoms with Crippen LogP contribution in [-0.4, -0.2) is 20.9 Å². The molecule has 2 N–H and O–H groups in total. The van der Waals surface area contributed by atoms with Gasteiger partial charge >= 0.3 is 0 Å². The number of aromatic nitrogens is 2. The first-order chi connectivity index (χ1) is 8.96. The molecule has 108 valence electrons. The van der Waals surface area contributed by atoms with Crippen LogP contribution in [0.3, 0.4) is 0 Å². The van der Waals surface area contributed by atoms with Gasteiger partial charge < -0.3 is 10.3 Å². The van der Waals surface area contributed by atoms with Crippen LogP contribution in [0.25, 0.3) is 0 Å². The quantitative estimate of drug-likeness (QED) is 0.860. The number of thioether (sulfide) groups is 1. The first-order valence-electron chi connectivity index (χ1n) is 7.18. The van der Waals surface area contributed by atoms with E-state index in [1.165, 1.54) is 19.3 Å². The predicted octanol–water partition coefficient (Wildman–Crippen LogP) is 3.48. The minimum atomic E-state index is 0.172. The lowest BCUT2D eigenvalue weighted by Crippen LogP contribution is -2.27. The molecule has 1 aromatic heterocycles. The monoisotopic (exact) mass is 283 g/mol. The van der Waals surface area contributed by atoms with E-state index in [4.69, 9.17) is 10.3 Å². The van der Waals surface area contributed by atoms with Gasteiger partial charge in [-0.25, -0.2) is 0 Å². The Morgan fingerprint density at radius 2 is 2.00 bits per heavy atom. The van der Waals surface area contributed by atoms with Crippen molar-refractivity contribution in [1.29, 1.82) is 0 Å². The third-order valence-electron chi connectivity index (χ3n) is 3.50. The second-order valence-corrected chi connectivity index (χ2v) is 8.16. The molecule has 0 amide bonds. The lowest BCUT2D eigenvalue weighted by atomic mass is 9.95. The molecule has 4 nitrogen and oxygen atoms in total. The van der Waals surface area contributed by atoms with E-state index in [1.807, 2.05) is 11.8 Å². The maximum atomic E-state index is 6.23. The molecule has 1 fully saturated rings. The van der Waals surface area contributed by atoms with Gasteiger partial charge in [0.25, 0.3) is 0 Å². The Bertz CT molecular complexity index is 400. The summed E-state index contributed by atoms with van der Waals surface area (Å²) < 4.78 is 5.66. The van der Waals surface area contributed by atoms with E-state index in [0.29, 0.717) is 0 Å². The van der Waals surface area contributed by atoms with Gasteiger partial charge in [-0.2, -0.15) is 4.98 Å². The van der Waals surface area contributed by atoms with Crippen LogP contribution in [-0.2, 0) is 5.75 Å². The highest BCUT2D eigenvalue weighted by Gasteiger charge is 2.27. The molecule has 2 atom stereocenters. The van der Waals surface area contributed by atoms with Crippen molar-refractivity contribution in [1.82, 2.24) is 10.1 Å². The fourth-order valence-corrected chi connectivity index (χ4v) is 3.08. The molecule has 0 spiro atoms. The summed E-state index contributed by atoms with van der Waals surface area (Å²) in [7, 11) is 0. The lowest BCUT2D eigenvalue weighted by molar-refractivity contribution is 0.324. The van der Waals surface area contributed by atoms with Gasteiger partial charge in [0.1, 0.15) is 0 Å². The summed E-state index contributed by atoms with van der Waals surface area (Å²) in [5.41, 5.74) is 6.23. The van der Waals surface area contributed by atoms with Gasteiger partial charge in [-0.05, 0) is 12.8 Å². The summed E-state index contributed by atoms with van der Waals surface area (Å²) in [4.78, 5) is 4.55. The van der Waals surface area contributed by atoms with E-state index >= 15 is 0 Å². The molecule has 2 rings (SSSR count). The van der Waals surface area contributed by atoms with E-state index in [1.54, 1.807) is 0 Å². The molecule has 1 aliphatic rings. The van der Waals surface area contributed by atoms with Crippen molar-refractivity contribution in [3.8, 4) is 0 Å². The Morgan fingerprint density at radius 3 is 2.74 bits per heavy atom. The van der Waals surface area contributed by atoms with E-state index in [2.05, 4.69) is 30.9 Å². The zero-order chi connectivity index (χ0) is 13.9. The van der Waals surface area contributed by atoms with Crippen LogP contribution in [0.2, 0.25) is 0 Å². The molecule has 19 heavy (non-hydrogen) atoms. The zero-order valence-corrected chi connectivity index (χ0v) is 13.0. The average molecular weight is 283 g/mol. The molecule has 0 aromatic carbocycles. The van der Waals surface area contributed by atoms with Crippen molar-refractivity contribution in [3.05, 3.63) is 11.7 Å². The summed E-state index contributed by atoms with van der Waals surface area (Å²) in [6, 6.07) is 0.172. The van der Waals surface area contributed by atoms with Gasteiger partial charge in [0.05, 0.1) is 11.7 Å². The molecular weight excluding hydrogens is 258 g/mol. The molecule has 1 aromatic rings. The number of hydrogen-bond donors (Lipinski definition) is 1. The topological polar surface area (TPSA) is 64.9 Å². The second-order valence-electron chi connectivity index (χ2n) is 6.36.